The predicted octanol–water partition coefficient (Wildman–Crippen LogP) is 2.09. The van der Waals surface area contributed by atoms with E-state index in [2.05, 4.69) is 6.92 Å². The van der Waals surface area contributed by atoms with Gasteiger partial charge < -0.3 is 15.2 Å². The minimum atomic E-state index is 0.166. The van der Waals surface area contributed by atoms with Gasteiger partial charge in [-0.3, -0.25) is 0 Å². The van der Waals surface area contributed by atoms with Crippen LogP contribution in [0, 0.1) is 0 Å². The lowest BCUT2D eigenvalue weighted by Gasteiger charge is -2.25. The summed E-state index contributed by atoms with van der Waals surface area (Å²) < 4.78 is 11.3. The smallest absolute Gasteiger partial charge is 0.0785 e. The molecule has 0 bridgehead atoms. The molecule has 0 saturated heterocycles. The number of ether oxygens (including phenoxy) is 2. The molecule has 0 radical (unpaired) electrons. The molecule has 1 aliphatic carbocycles. The Balaban J connectivity index is 2.27. The van der Waals surface area contributed by atoms with Gasteiger partial charge in [-0.2, -0.15) is 0 Å². The van der Waals surface area contributed by atoms with E-state index >= 15 is 0 Å². The Morgan fingerprint density at radius 2 is 2.00 bits per heavy atom. The minimum absolute atomic E-state index is 0.166. The molecule has 15 heavy (non-hydrogen) atoms. The van der Waals surface area contributed by atoms with Crippen molar-refractivity contribution in [3.05, 3.63) is 0 Å². The van der Waals surface area contributed by atoms with E-state index in [0.29, 0.717) is 6.61 Å². The molecule has 3 unspecified atom stereocenters. The van der Waals surface area contributed by atoms with Crippen LogP contribution < -0.4 is 5.73 Å². The van der Waals surface area contributed by atoms with E-state index in [1.54, 1.807) is 0 Å². The van der Waals surface area contributed by atoms with Gasteiger partial charge in [0.05, 0.1) is 18.8 Å². The summed E-state index contributed by atoms with van der Waals surface area (Å²) in [7, 11) is 0. The van der Waals surface area contributed by atoms with Crippen LogP contribution in [0.1, 0.15) is 46.0 Å². The summed E-state index contributed by atoms with van der Waals surface area (Å²) in [5.41, 5.74) is 6.09. The molecule has 3 heteroatoms. The molecular formula is C12H25NO2. The van der Waals surface area contributed by atoms with Crippen molar-refractivity contribution in [1.82, 2.24) is 0 Å². The maximum atomic E-state index is 6.09. The highest BCUT2D eigenvalue weighted by Gasteiger charge is 2.22. The van der Waals surface area contributed by atoms with Crippen LogP contribution in [0.25, 0.3) is 0 Å². The molecule has 0 aromatic carbocycles. The maximum absolute atomic E-state index is 6.09. The van der Waals surface area contributed by atoms with Crippen LogP contribution in [-0.4, -0.2) is 31.5 Å². The van der Waals surface area contributed by atoms with Gasteiger partial charge in [0.25, 0.3) is 0 Å². The molecule has 3 atom stereocenters. The number of nitrogens with two attached hydrogens (primary N) is 1. The van der Waals surface area contributed by atoms with Crippen molar-refractivity contribution in [3.8, 4) is 0 Å². The van der Waals surface area contributed by atoms with Crippen LogP contribution in [0.2, 0.25) is 0 Å². The van der Waals surface area contributed by atoms with E-state index in [1.165, 1.54) is 19.3 Å². The summed E-state index contributed by atoms with van der Waals surface area (Å²) >= 11 is 0. The maximum Gasteiger partial charge on any atom is 0.0785 e. The summed E-state index contributed by atoms with van der Waals surface area (Å²) in [5, 5.41) is 0. The minimum Gasteiger partial charge on any atom is -0.379 e. The van der Waals surface area contributed by atoms with Crippen molar-refractivity contribution in [2.45, 2.75) is 64.2 Å². The van der Waals surface area contributed by atoms with Crippen LogP contribution in [-0.2, 0) is 9.47 Å². The van der Waals surface area contributed by atoms with E-state index in [-0.39, 0.29) is 18.2 Å². The lowest BCUT2D eigenvalue weighted by molar-refractivity contribution is -0.0572. The Morgan fingerprint density at radius 1 is 1.27 bits per heavy atom. The molecule has 0 aromatic rings. The number of hydrogen-bond donors (Lipinski definition) is 1. The molecule has 2 N–H and O–H groups in total. The zero-order valence-corrected chi connectivity index (χ0v) is 10.1. The fourth-order valence-electron chi connectivity index (χ4n) is 2.09. The average molecular weight is 215 g/mol. The normalized spacial score (nSPS) is 29.8. The van der Waals surface area contributed by atoms with Crippen molar-refractivity contribution >= 4 is 0 Å². The Morgan fingerprint density at radius 3 is 2.73 bits per heavy atom. The van der Waals surface area contributed by atoms with Crippen LogP contribution in [0.5, 0.6) is 0 Å². The van der Waals surface area contributed by atoms with Crippen molar-refractivity contribution in [1.29, 1.82) is 0 Å². The summed E-state index contributed by atoms with van der Waals surface area (Å²) in [6.45, 7) is 5.50. The second kappa shape index (κ2) is 7.20. The topological polar surface area (TPSA) is 44.5 Å². The Kier molecular flexibility index (Phi) is 6.22. The third kappa shape index (κ3) is 4.96. The number of rotatable bonds is 5. The van der Waals surface area contributed by atoms with Crippen molar-refractivity contribution in [3.63, 3.8) is 0 Å². The van der Waals surface area contributed by atoms with Crippen LogP contribution in [0.15, 0.2) is 0 Å². The standard InChI is InChI=1S/C12H25NO2/c1-3-14-9-10(2)15-12-8-6-4-5-7-11(12)13/h10-12H,3-9,13H2,1-2H3. The van der Waals surface area contributed by atoms with Gasteiger partial charge in [0.1, 0.15) is 0 Å². The third-order valence-corrected chi connectivity index (χ3v) is 2.97. The first-order valence-electron chi connectivity index (χ1n) is 6.22. The van der Waals surface area contributed by atoms with E-state index < -0.39 is 0 Å². The molecule has 0 heterocycles. The van der Waals surface area contributed by atoms with Crippen molar-refractivity contribution in [2.75, 3.05) is 13.2 Å². The molecule has 1 saturated carbocycles. The van der Waals surface area contributed by atoms with Crippen molar-refractivity contribution in [2.24, 2.45) is 5.73 Å². The van der Waals surface area contributed by atoms with E-state index in [0.717, 1.165) is 19.4 Å². The van der Waals surface area contributed by atoms with Gasteiger partial charge in [0.15, 0.2) is 0 Å². The number of hydrogen-bond acceptors (Lipinski definition) is 3. The second-order valence-electron chi connectivity index (χ2n) is 4.45. The van der Waals surface area contributed by atoms with Crippen molar-refractivity contribution < 1.29 is 9.47 Å². The summed E-state index contributed by atoms with van der Waals surface area (Å²) in [6.07, 6.45) is 6.42. The third-order valence-electron chi connectivity index (χ3n) is 2.97. The molecule has 1 fully saturated rings. The molecule has 90 valence electrons. The molecule has 1 aliphatic rings. The van der Waals surface area contributed by atoms with E-state index in [9.17, 15) is 0 Å². The van der Waals surface area contributed by atoms with E-state index in [1.807, 2.05) is 6.92 Å². The summed E-state index contributed by atoms with van der Waals surface area (Å²) in [4.78, 5) is 0. The molecular weight excluding hydrogens is 190 g/mol. The first kappa shape index (κ1) is 12.9. The molecule has 0 spiro atoms. The molecule has 0 aromatic heterocycles. The fraction of sp³-hybridized carbons (Fsp3) is 1.00. The molecule has 0 amide bonds. The highest BCUT2D eigenvalue weighted by Crippen LogP contribution is 2.20. The van der Waals surface area contributed by atoms with Gasteiger partial charge in [-0.15, -0.1) is 0 Å². The fourth-order valence-corrected chi connectivity index (χ4v) is 2.09. The zero-order chi connectivity index (χ0) is 11.1. The SMILES string of the molecule is CCOCC(C)OC1CCCCCC1N. The Bertz CT molecular complexity index is 164. The van der Waals surface area contributed by atoms with Gasteiger partial charge in [-0.05, 0) is 26.7 Å². The largest absolute Gasteiger partial charge is 0.379 e. The molecule has 0 aliphatic heterocycles. The molecule has 1 rings (SSSR count). The predicted molar refractivity (Wildman–Crippen MR) is 61.9 cm³/mol. The van der Waals surface area contributed by atoms with Crippen LogP contribution >= 0.6 is 0 Å². The van der Waals surface area contributed by atoms with Crippen LogP contribution in [0.3, 0.4) is 0 Å². The lowest BCUT2D eigenvalue weighted by atomic mass is 10.1. The summed E-state index contributed by atoms with van der Waals surface area (Å²) in [6, 6.07) is 0.219. The van der Waals surface area contributed by atoms with Gasteiger partial charge in [0.2, 0.25) is 0 Å². The van der Waals surface area contributed by atoms with Gasteiger partial charge in [-0.25, -0.2) is 0 Å². The highest BCUT2D eigenvalue weighted by molar-refractivity contribution is 4.77. The summed E-state index contributed by atoms with van der Waals surface area (Å²) in [5.74, 6) is 0. The van der Waals surface area contributed by atoms with E-state index in [4.69, 9.17) is 15.2 Å². The first-order valence-corrected chi connectivity index (χ1v) is 6.22. The zero-order valence-electron chi connectivity index (χ0n) is 10.1. The highest BCUT2D eigenvalue weighted by atomic mass is 16.5. The average Bonchev–Trinajstić information content (AvgIpc) is 2.42. The Labute approximate surface area is 93.3 Å². The Hall–Kier alpha value is -0.120. The van der Waals surface area contributed by atoms with Gasteiger partial charge in [0, 0.05) is 12.6 Å². The monoisotopic (exact) mass is 215 g/mol. The van der Waals surface area contributed by atoms with Gasteiger partial charge in [-0.1, -0.05) is 19.3 Å². The van der Waals surface area contributed by atoms with Crippen LogP contribution in [0.4, 0.5) is 0 Å². The second-order valence-corrected chi connectivity index (χ2v) is 4.45. The van der Waals surface area contributed by atoms with Gasteiger partial charge >= 0.3 is 0 Å². The quantitative estimate of drug-likeness (QED) is 0.714. The first-order chi connectivity index (χ1) is 7.24. The molecule has 3 nitrogen and oxygen atoms in total. The lowest BCUT2D eigenvalue weighted by Crippen LogP contribution is -2.38.